The number of imidazole rings is 1. The summed E-state index contributed by atoms with van der Waals surface area (Å²) in [5.41, 5.74) is 2.18. The molecule has 0 aromatic carbocycles. The maximum absolute atomic E-state index is 11.9. The third kappa shape index (κ3) is 3.94. The van der Waals surface area contributed by atoms with Gasteiger partial charge in [-0.1, -0.05) is 20.8 Å². The van der Waals surface area contributed by atoms with Crippen molar-refractivity contribution in [3.8, 4) is 0 Å². The number of hydrogen-bond acceptors (Lipinski definition) is 7. The highest BCUT2D eigenvalue weighted by molar-refractivity contribution is 7.88. The van der Waals surface area contributed by atoms with E-state index in [0.29, 0.717) is 11.2 Å². The summed E-state index contributed by atoms with van der Waals surface area (Å²) in [7, 11) is -3.90. The Hall–Kier alpha value is -2.11. The number of hydrogen-bond donors (Lipinski definition) is 2. The Morgan fingerprint density at radius 1 is 1.26 bits per heavy atom. The van der Waals surface area contributed by atoms with Crippen LogP contribution in [-0.2, 0) is 19.7 Å². The van der Waals surface area contributed by atoms with Gasteiger partial charge in [-0.05, 0) is 12.8 Å². The fourth-order valence-electron chi connectivity index (χ4n) is 3.18. The standard InChI is InChI=1S/C16H24N6O4S/c1-5-13(23)21-27(24,25)20-6-12-9(2)10(3)16(26-12)22-8-19-14-11(4)17-7-18-15(14)22/h7-10,12,16,20H,5-6H2,1-4H3,(H,21,23)/t9-,10+,12+,16+/m0/s1. The van der Waals surface area contributed by atoms with Crippen LogP contribution in [0.5, 0.6) is 0 Å². The molecule has 11 heteroatoms. The lowest BCUT2D eigenvalue weighted by atomic mass is 9.93. The molecule has 2 N–H and O–H groups in total. The topological polar surface area (TPSA) is 128 Å². The van der Waals surface area contributed by atoms with Crippen molar-refractivity contribution in [1.82, 2.24) is 29.0 Å². The van der Waals surface area contributed by atoms with E-state index in [1.54, 1.807) is 13.3 Å². The lowest BCUT2D eigenvalue weighted by Gasteiger charge is -2.18. The molecule has 0 spiro atoms. The van der Waals surface area contributed by atoms with Crippen LogP contribution in [-0.4, -0.2) is 46.5 Å². The summed E-state index contributed by atoms with van der Waals surface area (Å²) < 4.78 is 36.2. The van der Waals surface area contributed by atoms with Gasteiger partial charge in [-0.15, -0.1) is 0 Å². The minimum absolute atomic E-state index is 0.0645. The lowest BCUT2D eigenvalue weighted by molar-refractivity contribution is -0.119. The molecule has 27 heavy (non-hydrogen) atoms. The maximum atomic E-state index is 11.9. The van der Waals surface area contributed by atoms with Gasteiger partial charge in [0.2, 0.25) is 5.91 Å². The highest BCUT2D eigenvalue weighted by Crippen LogP contribution is 2.39. The van der Waals surface area contributed by atoms with Crippen molar-refractivity contribution < 1.29 is 17.9 Å². The van der Waals surface area contributed by atoms with Crippen LogP contribution < -0.4 is 9.44 Å². The third-order valence-corrected chi connectivity index (χ3v) is 6.08. The predicted octanol–water partition coefficient (Wildman–Crippen LogP) is 0.665. The first-order valence-electron chi connectivity index (χ1n) is 8.83. The number of aryl methyl sites for hydroxylation is 1. The second-order valence-corrected chi connectivity index (χ2v) is 8.30. The maximum Gasteiger partial charge on any atom is 0.301 e. The molecule has 10 nitrogen and oxygen atoms in total. The van der Waals surface area contributed by atoms with Gasteiger partial charge in [-0.3, -0.25) is 9.36 Å². The van der Waals surface area contributed by atoms with Crippen molar-refractivity contribution >= 4 is 27.3 Å². The molecule has 1 aliphatic rings. The molecule has 1 amide bonds. The Balaban J connectivity index is 1.74. The van der Waals surface area contributed by atoms with Gasteiger partial charge < -0.3 is 4.74 Å². The number of fused-ring (bicyclic) bond motifs is 1. The molecule has 0 radical (unpaired) electrons. The Labute approximate surface area is 157 Å². The second-order valence-electron chi connectivity index (χ2n) is 6.80. The summed E-state index contributed by atoms with van der Waals surface area (Å²) >= 11 is 0. The summed E-state index contributed by atoms with van der Waals surface area (Å²) in [6.07, 6.45) is 2.58. The zero-order valence-corrected chi connectivity index (χ0v) is 16.5. The fourth-order valence-corrected chi connectivity index (χ4v) is 4.08. The number of nitrogens with one attached hydrogen (secondary N) is 2. The zero-order chi connectivity index (χ0) is 19.8. The van der Waals surface area contributed by atoms with E-state index < -0.39 is 16.1 Å². The Kier molecular flexibility index (Phi) is 5.45. The average molecular weight is 396 g/mol. The normalized spacial score (nSPS) is 25.8. The zero-order valence-electron chi connectivity index (χ0n) is 15.7. The summed E-state index contributed by atoms with van der Waals surface area (Å²) in [6, 6.07) is 0. The molecular formula is C16H24N6O4S. The highest BCUT2D eigenvalue weighted by atomic mass is 32.2. The molecule has 3 rings (SSSR count). The average Bonchev–Trinajstić information content (AvgIpc) is 3.16. The van der Waals surface area contributed by atoms with Crippen molar-refractivity contribution in [2.75, 3.05) is 6.54 Å². The first-order valence-corrected chi connectivity index (χ1v) is 10.3. The first kappa shape index (κ1) is 19.6. The van der Waals surface area contributed by atoms with Crippen LogP contribution in [0.4, 0.5) is 0 Å². The van der Waals surface area contributed by atoms with Gasteiger partial charge in [0, 0.05) is 18.9 Å². The largest absolute Gasteiger partial charge is 0.353 e. The van der Waals surface area contributed by atoms with Crippen molar-refractivity contribution in [1.29, 1.82) is 0 Å². The van der Waals surface area contributed by atoms with Crippen LogP contribution in [0.2, 0.25) is 0 Å². The molecule has 3 heterocycles. The fraction of sp³-hybridized carbons (Fsp3) is 0.625. The van der Waals surface area contributed by atoms with Gasteiger partial charge in [-0.25, -0.2) is 19.7 Å². The number of ether oxygens (including phenoxy) is 1. The highest BCUT2D eigenvalue weighted by Gasteiger charge is 2.41. The molecule has 148 valence electrons. The van der Waals surface area contributed by atoms with Gasteiger partial charge in [0.05, 0.1) is 18.1 Å². The SMILES string of the molecule is CCC(=O)NS(=O)(=O)NC[C@H]1O[C@@H](n2cnc3c(C)ncnc32)[C@H](C)[C@@H]1C. The predicted molar refractivity (Wildman–Crippen MR) is 97.7 cm³/mol. The summed E-state index contributed by atoms with van der Waals surface area (Å²) in [6.45, 7) is 7.57. The van der Waals surface area contributed by atoms with E-state index in [1.807, 2.05) is 30.1 Å². The molecule has 2 aromatic heterocycles. The van der Waals surface area contributed by atoms with Gasteiger partial charge in [0.25, 0.3) is 0 Å². The van der Waals surface area contributed by atoms with Crippen LogP contribution in [0.1, 0.15) is 39.1 Å². The molecule has 2 aromatic rings. The molecule has 0 unspecified atom stereocenters. The number of carbonyl (C=O) groups excluding carboxylic acids is 1. The van der Waals surface area contributed by atoms with Crippen molar-refractivity contribution in [3.05, 3.63) is 18.3 Å². The number of aromatic nitrogens is 4. The summed E-state index contributed by atoms with van der Waals surface area (Å²) in [4.78, 5) is 24.1. The third-order valence-electron chi connectivity index (χ3n) is 5.04. The molecule has 1 fully saturated rings. The van der Waals surface area contributed by atoms with Gasteiger partial charge in [-0.2, -0.15) is 13.1 Å². The minimum atomic E-state index is -3.90. The smallest absolute Gasteiger partial charge is 0.301 e. The molecule has 0 saturated carbocycles. The van der Waals surface area contributed by atoms with E-state index in [2.05, 4.69) is 19.7 Å². The molecule has 0 aliphatic carbocycles. The Morgan fingerprint density at radius 3 is 2.70 bits per heavy atom. The minimum Gasteiger partial charge on any atom is -0.353 e. The van der Waals surface area contributed by atoms with Crippen molar-refractivity contribution in [3.63, 3.8) is 0 Å². The van der Waals surface area contributed by atoms with Crippen LogP contribution >= 0.6 is 0 Å². The van der Waals surface area contributed by atoms with Crippen LogP contribution in [0.15, 0.2) is 12.7 Å². The first-order chi connectivity index (χ1) is 12.7. The number of rotatable bonds is 6. The van der Waals surface area contributed by atoms with Gasteiger partial charge >= 0.3 is 10.2 Å². The number of amides is 1. The lowest BCUT2D eigenvalue weighted by Crippen LogP contribution is -2.43. The van der Waals surface area contributed by atoms with E-state index in [1.165, 1.54) is 6.33 Å². The molecular weight excluding hydrogens is 372 g/mol. The van der Waals surface area contributed by atoms with E-state index in [-0.39, 0.29) is 37.1 Å². The van der Waals surface area contributed by atoms with Crippen molar-refractivity contribution in [2.45, 2.75) is 46.4 Å². The van der Waals surface area contributed by atoms with Gasteiger partial charge in [0.15, 0.2) is 5.65 Å². The van der Waals surface area contributed by atoms with Crippen molar-refractivity contribution in [2.24, 2.45) is 11.8 Å². The molecule has 1 aliphatic heterocycles. The molecule has 0 bridgehead atoms. The van der Waals surface area contributed by atoms with E-state index in [4.69, 9.17) is 4.74 Å². The van der Waals surface area contributed by atoms with Crippen LogP contribution in [0.25, 0.3) is 11.2 Å². The summed E-state index contributed by atoms with van der Waals surface area (Å²) in [5, 5.41) is 0. The monoisotopic (exact) mass is 396 g/mol. The van der Waals surface area contributed by atoms with Crippen LogP contribution in [0.3, 0.4) is 0 Å². The van der Waals surface area contributed by atoms with E-state index >= 15 is 0 Å². The second kappa shape index (κ2) is 7.49. The summed E-state index contributed by atoms with van der Waals surface area (Å²) in [5.74, 6) is -0.369. The Morgan fingerprint density at radius 2 is 2.00 bits per heavy atom. The van der Waals surface area contributed by atoms with E-state index in [9.17, 15) is 13.2 Å². The van der Waals surface area contributed by atoms with Crippen LogP contribution in [0, 0.1) is 18.8 Å². The molecule has 1 saturated heterocycles. The van der Waals surface area contributed by atoms with E-state index in [0.717, 1.165) is 5.69 Å². The number of carbonyl (C=O) groups is 1. The molecule has 4 atom stereocenters. The number of nitrogens with zero attached hydrogens (tertiary/aromatic N) is 4. The Bertz CT molecular complexity index is 944. The van der Waals surface area contributed by atoms with Gasteiger partial charge in [0.1, 0.15) is 18.1 Å². The quantitative estimate of drug-likeness (QED) is 0.734.